The first-order valence-corrected chi connectivity index (χ1v) is 5.10. The maximum Gasteiger partial charge on any atom is 0.326 e. The summed E-state index contributed by atoms with van der Waals surface area (Å²) in [5.41, 5.74) is 1.14. The van der Waals surface area contributed by atoms with Crippen molar-refractivity contribution in [1.29, 1.82) is 0 Å². The number of amides is 1. The van der Waals surface area contributed by atoms with E-state index >= 15 is 0 Å². The van der Waals surface area contributed by atoms with Crippen molar-refractivity contribution in [1.82, 2.24) is 15.5 Å². The van der Waals surface area contributed by atoms with Gasteiger partial charge in [-0.05, 0) is 13.8 Å². The van der Waals surface area contributed by atoms with E-state index in [-0.39, 0.29) is 5.56 Å². The van der Waals surface area contributed by atoms with Crippen LogP contribution >= 0.6 is 0 Å². The van der Waals surface area contributed by atoms with Crippen LogP contribution in [0.25, 0.3) is 0 Å². The molecule has 4 N–H and O–H groups in total. The molecule has 1 rings (SSSR count). The minimum Gasteiger partial charge on any atom is -0.481 e. The Morgan fingerprint density at radius 2 is 1.94 bits per heavy atom. The minimum absolute atomic E-state index is 0.228. The van der Waals surface area contributed by atoms with Crippen molar-refractivity contribution in [3.05, 3.63) is 17.0 Å². The molecular formula is C10H13N3O5. The minimum atomic E-state index is -1.47. The number of aromatic nitrogens is 2. The highest BCUT2D eigenvalue weighted by Gasteiger charge is 2.25. The lowest BCUT2D eigenvalue weighted by atomic mass is 10.1. The van der Waals surface area contributed by atoms with E-state index in [2.05, 4.69) is 15.5 Å². The number of carbonyl (C=O) groups excluding carboxylic acids is 1. The smallest absolute Gasteiger partial charge is 0.326 e. The Labute approximate surface area is 102 Å². The molecule has 1 heterocycles. The molecule has 8 heteroatoms. The highest BCUT2D eigenvalue weighted by molar-refractivity contribution is 5.99. The average Bonchev–Trinajstić information content (AvgIpc) is 2.56. The van der Waals surface area contributed by atoms with Gasteiger partial charge in [0.05, 0.1) is 17.7 Å². The second kappa shape index (κ2) is 5.30. The topological polar surface area (TPSA) is 132 Å². The molecule has 0 bridgehead atoms. The molecular weight excluding hydrogens is 242 g/mol. The fraction of sp³-hybridized carbons (Fsp3) is 0.400. The zero-order valence-electron chi connectivity index (χ0n) is 9.85. The van der Waals surface area contributed by atoms with E-state index in [9.17, 15) is 14.4 Å². The molecule has 1 aromatic heterocycles. The first kappa shape index (κ1) is 13.7. The van der Waals surface area contributed by atoms with E-state index in [4.69, 9.17) is 10.2 Å². The van der Waals surface area contributed by atoms with Crippen LogP contribution in [0.1, 0.15) is 28.2 Å². The number of aryl methyl sites for hydroxylation is 2. The fourth-order valence-corrected chi connectivity index (χ4v) is 1.49. The highest BCUT2D eigenvalue weighted by atomic mass is 16.4. The van der Waals surface area contributed by atoms with Gasteiger partial charge in [0.15, 0.2) is 0 Å². The average molecular weight is 255 g/mol. The van der Waals surface area contributed by atoms with Crippen LogP contribution < -0.4 is 5.32 Å². The predicted octanol–water partition coefficient (Wildman–Crippen LogP) is -0.316. The largest absolute Gasteiger partial charge is 0.481 e. The molecule has 8 nitrogen and oxygen atoms in total. The number of nitrogens with one attached hydrogen (secondary N) is 2. The van der Waals surface area contributed by atoms with Crippen LogP contribution in [0.3, 0.4) is 0 Å². The molecule has 0 aliphatic rings. The number of rotatable bonds is 5. The van der Waals surface area contributed by atoms with Crippen LogP contribution in [0, 0.1) is 13.8 Å². The van der Waals surface area contributed by atoms with Gasteiger partial charge in [0.25, 0.3) is 5.91 Å². The van der Waals surface area contributed by atoms with Gasteiger partial charge in [0.2, 0.25) is 0 Å². The number of aromatic amines is 1. The van der Waals surface area contributed by atoms with Crippen molar-refractivity contribution in [2.24, 2.45) is 0 Å². The van der Waals surface area contributed by atoms with Gasteiger partial charge >= 0.3 is 11.9 Å². The van der Waals surface area contributed by atoms with Crippen LogP contribution in [0.2, 0.25) is 0 Å². The monoisotopic (exact) mass is 255 g/mol. The fourth-order valence-electron chi connectivity index (χ4n) is 1.49. The lowest BCUT2D eigenvalue weighted by Gasteiger charge is -2.12. The van der Waals surface area contributed by atoms with Crippen LogP contribution in [0.15, 0.2) is 0 Å². The number of nitrogens with zero attached hydrogens (tertiary/aromatic N) is 1. The lowest BCUT2D eigenvalue weighted by molar-refractivity contribution is -0.145. The molecule has 18 heavy (non-hydrogen) atoms. The van der Waals surface area contributed by atoms with E-state index in [1.54, 1.807) is 13.8 Å². The molecule has 1 aromatic rings. The first-order valence-electron chi connectivity index (χ1n) is 5.10. The molecule has 0 aromatic carbocycles. The third-order valence-corrected chi connectivity index (χ3v) is 2.34. The third-order valence-electron chi connectivity index (χ3n) is 2.34. The number of carbonyl (C=O) groups is 3. The number of hydrogen-bond acceptors (Lipinski definition) is 4. The summed E-state index contributed by atoms with van der Waals surface area (Å²) in [7, 11) is 0. The molecule has 0 unspecified atom stereocenters. The summed E-state index contributed by atoms with van der Waals surface area (Å²) < 4.78 is 0. The Kier molecular flexibility index (Phi) is 4.03. The van der Waals surface area contributed by atoms with Gasteiger partial charge in [-0.15, -0.1) is 0 Å². The molecule has 0 aliphatic heterocycles. The van der Waals surface area contributed by atoms with Crippen molar-refractivity contribution >= 4 is 17.8 Å². The van der Waals surface area contributed by atoms with Crippen LogP contribution in [-0.4, -0.2) is 44.3 Å². The van der Waals surface area contributed by atoms with E-state index < -0.39 is 30.3 Å². The summed E-state index contributed by atoms with van der Waals surface area (Å²) in [5, 5.41) is 25.9. The Morgan fingerprint density at radius 1 is 1.33 bits per heavy atom. The molecule has 0 saturated carbocycles. The second-order valence-corrected chi connectivity index (χ2v) is 3.77. The van der Waals surface area contributed by atoms with Gasteiger partial charge in [-0.2, -0.15) is 5.10 Å². The van der Waals surface area contributed by atoms with Crippen molar-refractivity contribution in [2.75, 3.05) is 0 Å². The Bertz CT molecular complexity index is 474. The molecule has 0 spiro atoms. The zero-order valence-corrected chi connectivity index (χ0v) is 9.85. The first-order chi connectivity index (χ1) is 8.32. The van der Waals surface area contributed by atoms with Gasteiger partial charge in [0.1, 0.15) is 6.04 Å². The van der Waals surface area contributed by atoms with Crippen molar-refractivity contribution in [2.45, 2.75) is 26.3 Å². The Hall–Kier alpha value is -2.38. The molecule has 1 atom stereocenters. The van der Waals surface area contributed by atoms with E-state index in [0.29, 0.717) is 11.4 Å². The van der Waals surface area contributed by atoms with Crippen molar-refractivity contribution < 1.29 is 24.6 Å². The van der Waals surface area contributed by atoms with Gasteiger partial charge in [-0.1, -0.05) is 0 Å². The molecule has 0 aliphatic carbocycles. The summed E-state index contributed by atoms with van der Waals surface area (Å²) in [4.78, 5) is 33.1. The molecule has 0 fully saturated rings. The number of carboxylic acids is 2. The summed E-state index contributed by atoms with van der Waals surface area (Å²) in [5.74, 6) is -3.36. The summed E-state index contributed by atoms with van der Waals surface area (Å²) in [6, 6.07) is -1.47. The third kappa shape index (κ3) is 3.06. The Balaban J connectivity index is 2.85. The number of aliphatic carboxylic acids is 2. The predicted molar refractivity (Wildman–Crippen MR) is 59.2 cm³/mol. The number of hydrogen-bond donors (Lipinski definition) is 4. The van der Waals surface area contributed by atoms with Crippen molar-refractivity contribution in [3.8, 4) is 0 Å². The lowest BCUT2D eigenvalue weighted by Crippen LogP contribution is -2.42. The molecule has 0 saturated heterocycles. The maximum absolute atomic E-state index is 11.8. The van der Waals surface area contributed by atoms with Gasteiger partial charge in [-0.25, -0.2) is 4.79 Å². The summed E-state index contributed by atoms with van der Waals surface area (Å²) in [6.45, 7) is 3.20. The number of H-pyrrole nitrogens is 1. The number of carboxylic acid groups (broad SMARTS) is 2. The Morgan fingerprint density at radius 3 is 2.33 bits per heavy atom. The molecule has 1 amide bonds. The van der Waals surface area contributed by atoms with E-state index in [1.807, 2.05) is 0 Å². The zero-order chi connectivity index (χ0) is 13.9. The standard InChI is InChI=1S/C10H13N3O5/c1-4-8(5(2)13-12-4)9(16)11-6(10(17)18)3-7(14)15/h6H,3H2,1-2H3,(H,11,16)(H,12,13)(H,14,15)(H,17,18)/t6-/m1/s1. The normalized spacial score (nSPS) is 11.9. The second-order valence-electron chi connectivity index (χ2n) is 3.77. The van der Waals surface area contributed by atoms with Crippen molar-refractivity contribution in [3.63, 3.8) is 0 Å². The summed E-state index contributed by atoms with van der Waals surface area (Å²) >= 11 is 0. The van der Waals surface area contributed by atoms with Crippen LogP contribution in [0.4, 0.5) is 0 Å². The highest BCUT2D eigenvalue weighted by Crippen LogP contribution is 2.09. The quantitative estimate of drug-likeness (QED) is 0.570. The van der Waals surface area contributed by atoms with Gasteiger partial charge in [0, 0.05) is 5.69 Å². The molecule has 98 valence electrons. The SMILES string of the molecule is Cc1n[nH]c(C)c1C(=O)N[C@H](CC(=O)O)C(=O)O. The van der Waals surface area contributed by atoms with Crippen LogP contribution in [0.5, 0.6) is 0 Å². The van der Waals surface area contributed by atoms with Crippen LogP contribution in [-0.2, 0) is 9.59 Å². The van der Waals surface area contributed by atoms with E-state index in [0.717, 1.165) is 0 Å². The van der Waals surface area contributed by atoms with Gasteiger partial charge < -0.3 is 15.5 Å². The van der Waals surface area contributed by atoms with E-state index in [1.165, 1.54) is 0 Å². The molecule has 0 radical (unpaired) electrons. The van der Waals surface area contributed by atoms with Gasteiger partial charge in [-0.3, -0.25) is 14.7 Å². The summed E-state index contributed by atoms with van der Waals surface area (Å²) in [6.07, 6.45) is -0.684. The maximum atomic E-state index is 11.8.